The maximum atomic E-state index is 5.02. The summed E-state index contributed by atoms with van der Waals surface area (Å²) in [5.41, 5.74) is 7.12. The molecule has 9 aromatic rings. The lowest BCUT2D eigenvalue weighted by molar-refractivity contribution is 1.07. The monoisotopic (exact) mass is 575 g/mol. The number of rotatable bonds is 4. The molecule has 5 heteroatoms. The van der Waals surface area contributed by atoms with Gasteiger partial charge < -0.3 is 4.57 Å². The molecule has 5 nitrogen and oxygen atoms in total. The van der Waals surface area contributed by atoms with Crippen molar-refractivity contribution in [2.24, 2.45) is 0 Å². The van der Waals surface area contributed by atoms with Crippen LogP contribution in [0.4, 0.5) is 0 Å². The Morgan fingerprint density at radius 1 is 0.422 bits per heavy atom. The van der Waals surface area contributed by atoms with Crippen molar-refractivity contribution < 1.29 is 0 Å². The fourth-order valence-electron chi connectivity index (χ4n) is 6.46. The summed E-state index contributed by atoms with van der Waals surface area (Å²) < 4.78 is 2.36. The highest BCUT2D eigenvalue weighted by molar-refractivity contribution is 6.31. The van der Waals surface area contributed by atoms with Crippen molar-refractivity contribution in [1.82, 2.24) is 24.5 Å². The van der Waals surface area contributed by atoms with Crippen molar-refractivity contribution >= 4 is 43.5 Å². The lowest BCUT2D eigenvalue weighted by atomic mass is 9.99. The largest absolute Gasteiger partial charge is 0.309 e. The highest BCUT2D eigenvalue weighted by Crippen LogP contribution is 2.42. The Morgan fingerprint density at radius 3 is 1.64 bits per heavy atom. The van der Waals surface area contributed by atoms with Gasteiger partial charge in [-0.2, -0.15) is 0 Å². The van der Waals surface area contributed by atoms with Crippen LogP contribution >= 0.6 is 0 Å². The number of pyridine rings is 1. The van der Waals surface area contributed by atoms with E-state index in [4.69, 9.17) is 19.9 Å². The molecule has 0 unspecified atom stereocenters. The third-order valence-electron chi connectivity index (χ3n) is 8.45. The van der Waals surface area contributed by atoms with Crippen LogP contribution in [0.1, 0.15) is 0 Å². The maximum absolute atomic E-state index is 5.02. The van der Waals surface area contributed by atoms with Crippen LogP contribution in [-0.2, 0) is 0 Å². The number of nitrogens with zero attached hydrogens (tertiary/aromatic N) is 5. The highest BCUT2D eigenvalue weighted by atomic mass is 15.0. The van der Waals surface area contributed by atoms with E-state index >= 15 is 0 Å². The fourth-order valence-corrected chi connectivity index (χ4v) is 6.46. The SMILES string of the molecule is c1ccc(-c2nc(-c3ccccc3)nc(-c3ccc4c5c6ccccc6c6ncccc6c5n(-c5ccccc5)c4c3)n2)cc1. The summed E-state index contributed by atoms with van der Waals surface area (Å²) in [4.78, 5) is 19.8. The zero-order valence-electron chi connectivity index (χ0n) is 24.2. The second kappa shape index (κ2) is 10.2. The highest BCUT2D eigenvalue weighted by Gasteiger charge is 2.21. The number of hydrogen-bond donors (Lipinski definition) is 0. The summed E-state index contributed by atoms with van der Waals surface area (Å²) in [6.07, 6.45) is 1.88. The average Bonchev–Trinajstić information content (AvgIpc) is 3.48. The van der Waals surface area contributed by atoms with Gasteiger partial charge in [-0.05, 0) is 35.7 Å². The van der Waals surface area contributed by atoms with Gasteiger partial charge in [0.1, 0.15) is 0 Å². The van der Waals surface area contributed by atoms with Crippen molar-refractivity contribution in [3.8, 4) is 39.9 Å². The Labute approximate surface area is 259 Å². The van der Waals surface area contributed by atoms with E-state index in [-0.39, 0.29) is 0 Å². The van der Waals surface area contributed by atoms with Gasteiger partial charge in [0, 0.05) is 50.1 Å². The Bertz CT molecular complexity index is 2460. The quantitative estimate of drug-likeness (QED) is 0.196. The third-order valence-corrected chi connectivity index (χ3v) is 8.45. The predicted octanol–water partition coefficient (Wildman–Crippen LogP) is 9.67. The molecular formula is C40H25N5. The lowest BCUT2D eigenvalue weighted by Gasteiger charge is -2.12. The summed E-state index contributed by atoms with van der Waals surface area (Å²) in [6.45, 7) is 0. The minimum atomic E-state index is 0.630. The van der Waals surface area contributed by atoms with Gasteiger partial charge in [0.15, 0.2) is 17.5 Å². The molecule has 0 atom stereocenters. The third kappa shape index (κ3) is 4.09. The Hall–Kier alpha value is -6.20. The summed E-state index contributed by atoms with van der Waals surface area (Å²) in [6, 6.07) is 50.1. The van der Waals surface area contributed by atoms with Gasteiger partial charge in [-0.25, -0.2) is 15.0 Å². The normalized spacial score (nSPS) is 11.6. The van der Waals surface area contributed by atoms with Crippen molar-refractivity contribution in [1.29, 1.82) is 0 Å². The van der Waals surface area contributed by atoms with E-state index in [0.29, 0.717) is 17.5 Å². The molecule has 0 radical (unpaired) electrons. The van der Waals surface area contributed by atoms with Gasteiger partial charge >= 0.3 is 0 Å². The molecule has 0 saturated heterocycles. The molecule has 0 amide bonds. The van der Waals surface area contributed by atoms with Crippen molar-refractivity contribution in [2.45, 2.75) is 0 Å². The first-order valence-corrected chi connectivity index (χ1v) is 15.0. The van der Waals surface area contributed by atoms with Crippen LogP contribution in [0.5, 0.6) is 0 Å². The molecule has 9 rings (SSSR count). The molecule has 45 heavy (non-hydrogen) atoms. The van der Waals surface area contributed by atoms with E-state index in [1.54, 1.807) is 0 Å². The van der Waals surface area contributed by atoms with Crippen LogP contribution in [0.3, 0.4) is 0 Å². The van der Waals surface area contributed by atoms with Gasteiger partial charge in [-0.15, -0.1) is 0 Å². The van der Waals surface area contributed by atoms with Gasteiger partial charge in [0.2, 0.25) is 0 Å². The second-order valence-electron chi connectivity index (χ2n) is 11.1. The minimum absolute atomic E-state index is 0.630. The molecule has 0 N–H and O–H groups in total. The first kappa shape index (κ1) is 25.3. The summed E-state index contributed by atoms with van der Waals surface area (Å²) in [7, 11) is 0. The van der Waals surface area contributed by atoms with Crippen LogP contribution in [-0.4, -0.2) is 24.5 Å². The zero-order chi connectivity index (χ0) is 29.7. The number of aromatic nitrogens is 5. The number of benzene rings is 6. The molecule has 0 aliphatic carbocycles. The first-order valence-electron chi connectivity index (χ1n) is 15.0. The van der Waals surface area contributed by atoms with Crippen molar-refractivity contribution in [2.75, 3.05) is 0 Å². The van der Waals surface area contributed by atoms with Gasteiger partial charge in [0.25, 0.3) is 0 Å². The number of hydrogen-bond acceptors (Lipinski definition) is 4. The molecule has 210 valence electrons. The molecule has 0 spiro atoms. The molecule has 3 aromatic heterocycles. The average molecular weight is 576 g/mol. The molecule has 3 heterocycles. The lowest BCUT2D eigenvalue weighted by Crippen LogP contribution is -2.00. The molecule has 0 aliphatic heterocycles. The number of para-hydroxylation sites is 1. The van der Waals surface area contributed by atoms with E-state index < -0.39 is 0 Å². The summed E-state index contributed by atoms with van der Waals surface area (Å²) in [5.74, 6) is 1.92. The van der Waals surface area contributed by atoms with Crippen LogP contribution in [0.25, 0.3) is 83.3 Å². The molecule has 6 aromatic carbocycles. The Balaban J connectivity index is 1.39. The molecule has 0 aliphatic rings. The van der Waals surface area contributed by atoms with Crippen molar-refractivity contribution in [3.05, 3.63) is 152 Å². The number of fused-ring (bicyclic) bond motifs is 8. The van der Waals surface area contributed by atoms with Crippen LogP contribution in [0.15, 0.2) is 152 Å². The van der Waals surface area contributed by atoms with E-state index in [0.717, 1.165) is 49.7 Å². The molecule has 0 bridgehead atoms. The topological polar surface area (TPSA) is 56.5 Å². The van der Waals surface area contributed by atoms with Crippen LogP contribution in [0.2, 0.25) is 0 Å². The Morgan fingerprint density at radius 2 is 0.978 bits per heavy atom. The zero-order valence-corrected chi connectivity index (χ0v) is 24.2. The molecular weight excluding hydrogens is 550 g/mol. The molecule has 0 fully saturated rings. The van der Waals surface area contributed by atoms with E-state index in [1.165, 1.54) is 16.2 Å². The second-order valence-corrected chi connectivity index (χ2v) is 11.1. The minimum Gasteiger partial charge on any atom is -0.309 e. The maximum Gasteiger partial charge on any atom is 0.164 e. The fraction of sp³-hybridized carbons (Fsp3) is 0. The van der Waals surface area contributed by atoms with Crippen LogP contribution < -0.4 is 0 Å². The van der Waals surface area contributed by atoms with Crippen molar-refractivity contribution in [3.63, 3.8) is 0 Å². The first-order chi connectivity index (χ1) is 22.3. The standard InChI is InChI=1S/C40H25N5/c1-4-13-26(14-5-1)38-42-39(27-15-6-2-7-16-27)44-40(43-38)28-22-23-32-34(25-28)45(29-17-8-3-9-18-29)37-33-21-12-24-41-36(33)31-20-11-10-19-30(31)35(32)37/h1-25H. The van der Waals surface area contributed by atoms with Crippen LogP contribution in [0, 0.1) is 0 Å². The Kier molecular flexibility index (Phi) is 5.74. The van der Waals surface area contributed by atoms with E-state index in [9.17, 15) is 0 Å². The van der Waals surface area contributed by atoms with E-state index in [2.05, 4.69) is 83.4 Å². The molecule has 0 saturated carbocycles. The van der Waals surface area contributed by atoms with Gasteiger partial charge in [-0.1, -0.05) is 115 Å². The predicted molar refractivity (Wildman–Crippen MR) is 183 cm³/mol. The summed E-state index contributed by atoms with van der Waals surface area (Å²) in [5, 5.41) is 5.83. The van der Waals surface area contributed by atoms with Gasteiger partial charge in [0.05, 0.1) is 16.6 Å². The van der Waals surface area contributed by atoms with E-state index in [1.807, 2.05) is 72.9 Å². The summed E-state index contributed by atoms with van der Waals surface area (Å²) >= 11 is 0. The van der Waals surface area contributed by atoms with Gasteiger partial charge in [-0.3, -0.25) is 4.98 Å². The smallest absolute Gasteiger partial charge is 0.164 e.